The van der Waals surface area contributed by atoms with Gasteiger partial charge in [-0.15, -0.1) is 0 Å². The van der Waals surface area contributed by atoms with E-state index >= 15 is 0 Å². The summed E-state index contributed by atoms with van der Waals surface area (Å²) in [6, 6.07) is 5.44. The van der Waals surface area contributed by atoms with Gasteiger partial charge in [0, 0.05) is 18.5 Å². The Morgan fingerprint density at radius 3 is 2.78 bits per heavy atom. The van der Waals surface area contributed by atoms with E-state index in [2.05, 4.69) is 0 Å². The number of amides is 1. The molecule has 1 aliphatic heterocycles. The van der Waals surface area contributed by atoms with Crippen LogP contribution in [0.25, 0.3) is 0 Å². The molecular weight excluding hydrogens is 226 g/mol. The summed E-state index contributed by atoms with van der Waals surface area (Å²) >= 11 is 0. The van der Waals surface area contributed by atoms with Crippen LogP contribution >= 0.6 is 0 Å². The second-order valence-electron chi connectivity index (χ2n) is 5.67. The molecule has 0 bridgehead atoms. The molecule has 0 fully saturated rings. The fourth-order valence-corrected chi connectivity index (χ4v) is 2.30. The Labute approximate surface area is 108 Å². The summed E-state index contributed by atoms with van der Waals surface area (Å²) in [6.45, 7) is 7.42. The monoisotopic (exact) mass is 247 g/mol. The number of fused-ring (bicyclic) bond motifs is 1. The molecule has 0 radical (unpaired) electrons. The van der Waals surface area contributed by atoms with Crippen molar-refractivity contribution in [3.05, 3.63) is 29.3 Å². The molecule has 0 aliphatic carbocycles. The summed E-state index contributed by atoms with van der Waals surface area (Å²) in [4.78, 5) is 14.3. The first-order valence-electron chi connectivity index (χ1n) is 6.54. The van der Waals surface area contributed by atoms with Crippen LogP contribution in [0.1, 0.15) is 38.3 Å². The number of nitrogens with zero attached hydrogens (tertiary/aromatic N) is 1. The van der Waals surface area contributed by atoms with E-state index in [1.165, 1.54) is 5.56 Å². The van der Waals surface area contributed by atoms with Gasteiger partial charge in [0.1, 0.15) is 5.75 Å². The van der Waals surface area contributed by atoms with Gasteiger partial charge in [0.15, 0.2) is 0 Å². The summed E-state index contributed by atoms with van der Waals surface area (Å²) in [7, 11) is 0. The van der Waals surface area contributed by atoms with Gasteiger partial charge in [-0.25, -0.2) is 0 Å². The van der Waals surface area contributed by atoms with Crippen LogP contribution in [0.3, 0.4) is 0 Å². The third-order valence-electron chi connectivity index (χ3n) is 3.95. The van der Waals surface area contributed by atoms with Crippen LogP contribution in [0.15, 0.2) is 18.2 Å². The molecule has 0 aromatic heterocycles. The van der Waals surface area contributed by atoms with Crippen molar-refractivity contribution in [1.82, 2.24) is 4.90 Å². The lowest BCUT2D eigenvalue weighted by Crippen LogP contribution is -2.43. The highest BCUT2D eigenvalue weighted by Gasteiger charge is 2.31. The minimum atomic E-state index is -0.297. The molecule has 0 unspecified atom stereocenters. The maximum atomic E-state index is 12.4. The largest absolute Gasteiger partial charge is 0.508 e. The van der Waals surface area contributed by atoms with Gasteiger partial charge in [-0.2, -0.15) is 0 Å². The zero-order valence-electron chi connectivity index (χ0n) is 11.4. The van der Waals surface area contributed by atoms with E-state index in [0.717, 1.165) is 24.9 Å². The average molecular weight is 247 g/mol. The Morgan fingerprint density at radius 1 is 1.39 bits per heavy atom. The van der Waals surface area contributed by atoms with Crippen LogP contribution in [-0.2, 0) is 17.8 Å². The normalized spacial score (nSPS) is 15.4. The molecule has 0 atom stereocenters. The van der Waals surface area contributed by atoms with Crippen LogP contribution in [0.2, 0.25) is 0 Å². The third kappa shape index (κ3) is 2.35. The average Bonchev–Trinajstić information content (AvgIpc) is 2.36. The minimum Gasteiger partial charge on any atom is -0.508 e. The fraction of sp³-hybridized carbons (Fsp3) is 0.533. The van der Waals surface area contributed by atoms with Crippen LogP contribution in [-0.4, -0.2) is 22.5 Å². The highest BCUT2D eigenvalue weighted by atomic mass is 16.3. The van der Waals surface area contributed by atoms with E-state index in [-0.39, 0.29) is 17.1 Å². The number of phenolic OH excluding ortho intramolecular Hbond substituents is 1. The number of rotatable bonds is 2. The molecule has 1 aromatic rings. The predicted molar refractivity (Wildman–Crippen MR) is 71.3 cm³/mol. The van der Waals surface area contributed by atoms with Crippen LogP contribution < -0.4 is 0 Å². The topological polar surface area (TPSA) is 40.5 Å². The van der Waals surface area contributed by atoms with E-state index in [4.69, 9.17) is 0 Å². The summed E-state index contributed by atoms with van der Waals surface area (Å²) in [5.74, 6) is 0.483. The molecule has 1 amide bonds. The Balaban J connectivity index is 2.19. The second-order valence-corrected chi connectivity index (χ2v) is 5.67. The molecule has 0 spiro atoms. The standard InChI is InChI=1S/C15H21NO2/c1-4-15(2,3)14(18)16-8-7-11-5-6-13(17)9-12(11)10-16/h5-6,9,17H,4,7-8,10H2,1-3H3. The number of hydrogen-bond donors (Lipinski definition) is 1. The molecular formula is C15H21NO2. The van der Waals surface area contributed by atoms with Gasteiger partial charge >= 0.3 is 0 Å². The number of aromatic hydroxyl groups is 1. The highest BCUT2D eigenvalue weighted by molar-refractivity contribution is 5.82. The molecule has 1 N–H and O–H groups in total. The molecule has 98 valence electrons. The Hall–Kier alpha value is -1.51. The van der Waals surface area contributed by atoms with E-state index < -0.39 is 0 Å². The second kappa shape index (κ2) is 4.63. The number of phenols is 1. The zero-order valence-corrected chi connectivity index (χ0v) is 11.4. The molecule has 18 heavy (non-hydrogen) atoms. The van der Waals surface area contributed by atoms with E-state index in [1.807, 2.05) is 31.7 Å². The van der Waals surface area contributed by atoms with Crippen molar-refractivity contribution in [3.8, 4) is 5.75 Å². The maximum Gasteiger partial charge on any atom is 0.228 e. The van der Waals surface area contributed by atoms with Crippen molar-refractivity contribution < 1.29 is 9.90 Å². The number of carbonyl (C=O) groups is 1. The van der Waals surface area contributed by atoms with Crippen LogP contribution in [0.5, 0.6) is 5.75 Å². The van der Waals surface area contributed by atoms with Gasteiger partial charge < -0.3 is 10.0 Å². The first-order chi connectivity index (χ1) is 8.44. The van der Waals surface area contributed by atoms with E-state index in [1.54, 1.807) is 12.1 Å². The first kappa shape index (κ1) is 12.9. The van der Waals surface area contributed by atoms with Crippen molar-refractivity contribution in [2.24, 2.45) is 5.41 Å². The van der Waals surface area contributed by atoms with E-state index in [9.17, 15) is 9.90 Å². The SMILES string of the molecule is CCC(C)(C)C(=O)N1CCc2ccc(O)cc2C1. The Kier molecular flexibility index (Phi) is 3.33. The first-order valence-corrected chi connectivity index (χ1v) is 6.54. The summed E-state index contributed by atoms with van der Waals surface area (Å²) in [6.07, 6.45) is 1.72. The maximum absolute atomic E-state index is 12.4. The van der Waals surface area contributed by atoms with E-state index in [0.29, 0.717) is 6.54 Å². The molecule has 1 heterocycles. The lowest BCUT2D eigenvalue weighted by atomic mass is 9.87. The van der Waals surface area contributed by atoms with Gasteiger partial charge in [0.05, 0.1) is 0 Å². The lowest BCUT2D eigenvalue weighted by molar-refractivity contribution is -0.141. The molecule has 2 rings (SSSR count). The van der Waals surface area contributed by atoms with Gasteiger partial charge in [0.25, 0.3) is 0 Å². The van der Waals surface area contributed by atoms with Crippen molar-refractivity contribution in [3.63, 3.8) is 0 Å². The molecule has 1 aliphatic rings. The summed E-state index contributed by atoms with van der Waals surface area (Å²) < 4.78 is 0. The predicted octanol–water partition coefficient (Wildman–Crippen LogP) is 2.71. The van der Waals surface area contributed by atoms with Crippen molar-refractivity contribution in [1.29, 1.82) is 0 Å². The highest BCUT2D eigenvalue weighted by Crippen LogP contribution is 2.28. The molecule has 1 aromatic carbocycles. The quantitative estimate of drug-likeness (QED) is 0.873. The smallest absolute Gasteiger partial charge is 0.228 e. The zero-order chi connectivity index (χ0) is 13.3. The number of hydrogen-bond acceptors (Lipinski definition) is 2. The van der Waals surface area contributed by atoms with Gasteiger partial charge in [-0.3, -0.25) is 4.79 Å². The summed E-state index contributed by atoms with van der Waals surface area (Å²) in [5.41, 5.74) is 2.02. The van der Waals surface area contributed by atoms with Gasteiger partial charge in [0.2, 0.25) is 5.91 Å². The van der Waals surface area contributed by atoms with Gasteiger partial charge in [-0.05, 0) is 36.1 Å². The molecule has 3 heteroatoms. The Morgan fingerprint density at radius 2 is 2.11 bits per heavy atom. The van der Waals surface area contributed by atoms with Crippen LogP contribution in [0.4, 0.5) is 0 Å². The summed E-state index contributed by atoms with van der Waals surface area (Å²) in [5, 5.41) is 9.52. The number of carbonyl (C=O) groups excluding carboxylic acids is 1. The van der Waals surface area contributed by atoms with Crippen molar-refractivity contribution >= 4 is 5.91 Å². The lowest BCUT2D eigenvalue weighted by Gasteiger charge is -2.34. The molecule has 0 saturated heterocycles. The molecule has 0 saturated carbocycles. The van der Waals surface area contributed by atoms with Crippen LogP contribution in [0, 0.1) is 5.41 Å². The third-order valence-corrected chi connectivity index (χ3v) is 3.95. The minimum absolute atomic E-state index is 0.207. The fourth-order valence-electron chi connectivity index (χ4n) is 2.30. The number of benzene rings is 1. The van der Waals surface area contributed by atoms with Gasteiger partial charge in [-0.1, -0.05) is 26.8 Å². The molecule has 3 nitrogen and oxygen atoms in total. The Bertz CT molecular complexity index is 466. The van der Waals surface area contributed by atoms with Crippen molar-refractivity contribution in [2.75, 3.05) is 6.54 Å². The van der Waals surface area contributed by atoms with Crippen molar-refractivity contribution in [2.45, 2.75) is 40.2 Å².